The zero-order valence-corrected chi connectivity index (χ0v) is 11.4. The van der Waals surface area contributed by atoms with Crippen LogP contribution in [-0.4, -0.2) is 23.4 Å². The van der Waals surface area contributed by atoms with Crippen LogP contribution in [0.2, 0.25) is 0 Å². The number of carbonyl (C=O) groups excluding carboxylic acids is 1. The first kappa shape index (κ1) is 16.0. The van der Waals surface area contributed by atoms with E-state index >= 15 is 0 Å². The van der Waals surface area contributed by atoms with Crippen LogP contribution in [0.5, 0.6) is 0 Å². The predicted molar refractivity (Wildman–Crippen MR) is 69.9 cm³/mol. The van der Waals surface area contributed by atoms with Gasteiger partial charge in [-0.2, -0.15) is 0 Å². The Morgan fingerprint density at radius 1 is 1.53 bits per heavy atom. The Kier molecular flexibility index (Phi) is 6.92. The molecule has 0 fully saturated rings. The molecule has 1 aromatic rings. The number of furan rings is 1. The zero-order chi connectivity index (χ0) is 12.1. The Labute approximate surface area is 109 Å². The lowest BCUT2D eigenvalue weighted by Gasteiger charge is -2.25. The number of likely N-dealkylation sites (N-methyl/N-ethyl adjacent to an activating group) is 1. The van der Waals surface area contributed by atoms with Crippen molar-refractivity contribution in [2.45, 2.75) is 33.4 Å². The van der Waals surface area contributed by atoms with E-state index in [0.717, 1.165) is 5.56 Å². The summed E-state index contributed by atoms with van der Waals surface area (Å²) in [5.74, 6) is 0.157. The minimum Gasteiger partial charge on any atom is -0.472 e. The summed E-state index contributed by atoms with van der Waals surface area (Å²) >= 11 is 0. The van der Waals surface area contributed by atoms with Crippen LogP contribution in [0.15, 0.2) is 23.0 Å². The Hall–Kier alpha value is -1.00. The third-order valence-corrected chi connectivity index (χ3v) is 2.65. The van der Waals surface area contributed by atoms with Crippen molar-refractivity contribution in [3.05, 3.63) is 24.2 Å². The number of halogens is 1. The van der Waals surface area contributed by atoms with E-state index < -0.39 is 6.04 Å². The van der Waals surface area contributed by atoms with Crippen LogP contribution in [0, 0.1) is 5.92 Å². The monoisotopic (exact) mass is 260 g/mol. The molecule has 1 rings (SSSR count). The van der Waals surface area contributed by atoms with E-state index in [2.05, 4.69) is 0 Å². The third kappa shape index (κ3) is 4.40. The summed E-state index contributed by atoms with van der Waals surface area (Å²) in [5.41, 5.74) is 6.84. The van der Waals surface area contributed by atoms with Gasteiger partial charge >= 0.3 is 0 Å². The SMILES string of the molecule is CCN(Cc1ccoc1)C(=O)[C@@H](N)C(C)C.Cl. The average Bonchev–Trinajstić information content (AvgIpc) is 2.76. The van der Waals surface area contributed by atoms with E-state index in [1.54, 1.807) is 17.4 Å². The standard InChI is InChI=1S/C12H20N2O2.ClH/c1-4-14(7-10-5-6-16-8-10)12(15)11(13)9(2)3;/h5-6,8-9,11H,4,7,13H2,1-3H3;1H/t11-;/m0./s1. The molecule has 0 spiro atoms. The molecule has 1 heterocycles. The molecule has 5 heteroatoms. The summed E-state index contributed by atoms with van der Waals surface area (Å²) in [7, 11) is 0. The molecule has 0 radical (unpaired) electrons. The average molecular weight is 261 g/mol. The minimum atomic E-state index is -0.424. The maximum absolute atomic E-state index is 12.0. The van der Waals surface area contributed by atoms with Crippen LogP contribution in [0.1, 0.15) is 26.3 Å². The highest BCUT2D eigenvalue weighted by Gasteiger charge is 2.22. The van der Waals surface area contributed by atoms with Gasteiger partial charge in [-0.15, -0.1) is 12.4 Å². The van der Waals surface area contributed by atoms with Crippen LogP contribution < -0.4 is 5.73 Å². The molecule has 17 heavy (non-hydrogen) atoms. The molecule has 0 aliphatic rings. The van der Waals surface area contributed by atoms with E-state index in [1.807, 2.05) is 26.8 Å². The molecule has 0 saturated heterocycles. The molecular weight excluding hydrogens is 240 g/mol. The van der Waals surface area contributed by atoms with Crippen molar-refractivity contribution in [1.82, 2.24) is 4.90 Å². The molecule has 98 valence electrons. The number of nitrogens with two attached hydrogens (primary N) is 1. The first-order valence-corrected chi connectivity index (χ1v) is 5.61. The topological polar surface area (TPSA) is 59.5 Å². The fraction of sp³-hybridized carbons (Fsp3) is 0.583. The Morgan fingerprint density at radius 2 is 2.18 bits per heavy atom. The van der Waals surface area contributed by atoms with Crippen LogP contribution in [0.25, 0.3) is 0 Å². The summed E-state index contributed by atoms with van der Waals surface area (Å²) in [6.07, 6.45) is 3.26. The van der Waals surface area contributed by atoms with E-state index in [4.69, 9.17) is 10.2 Å². The molecule has 0 saturated carbocycles. The first-order valence-electron chi connectivity index (χ1n) is 5.61. The van der Waals surface area contributed by atoms with Gasteiger partial charge in [-0.25, -0.2) is 0 Å². The minimum absolute atomic E-state index is 0. The molecule has 0 aromatic carbocycles. The second-order valence-corrected chi connectivity index (χ2v) is 4.25. The maximum atomic E-state index is 12.0. The highest BCUT2D eigenvalue weighted by Crippen LogP contribution is 2.09. The fourth-order valence-electron chi connectivity index (χ4n) is 1.44. The number of hydrogen-bond donors (Lipinski definition) is 1. The second-order valence-electron chi connectivity index (χ2n) is 4.25. The van der Waals surface area contributed by atoms with Crippen molar-refractivity contribution in [1.29, 1.82) is 0 Å². The van der Waals surface area contributed by atoms with Crippen molar-refractivity contribution < 1.29 is 9.21 Å². The number of nitrogens with zero attached hydrogens (tertiary/aromatic N) is 1. The first-order chi connectivity index (χ1) is 7.56. The molecule has 1 amide bonds. The molecule has 0 aliphatic heterocycles. The van der Waals surface area contributed by atoms with Crippen molar-refractivity contribution in [3.8, 4) is 0 Å². The fourth-order valence-corrected chi connectivity index (χ4v) is 1.44. The lowest BCUT2D eigenvalue weighted by molar-refractivity contribution is -0.134. The van der Waals surface area contributed by atoms with E-state index in [9.17, 15) is 4.79 Å². The summed E-state index contributed by atoms with van der Waals surface area (Å²) in [5, 5.41) is 0. The maximum Gasteiger partial charge on any atom is 0.240 e. The molecule has 2 N–H and O–H groups in total. The molecule has 0 bridgehead atoms. The zero-order valence-electron chi connectivity index (χ0n) is 10.6. The van der Waals surface area contributed by atoms with Gasteiger partial charge in [-0.1, -0.05) is 13.8 Å². The number of carbonyl (C=O) groups is 1. The molecule has 0 aliphatic carbocycles. The molecule has 1 atom stereocenters. The van der Waals surface area contributed by atoms with Gasteiger partial charge < -0.3 is 15.1 Å². The largest absolute Gasteiger partial charge is 0.472 e. The summed E-state index contributed by atoms with van der Waals surface area (Å²) in [6, 6.07) is 1.43. The Bertz CT molecular complexity index is 325. The van der Waals surface area contributed by atoms with Gasteiger partial charge in [-0.3, -0.25) is 4.79 Å². The van der Waals surface area contributed by atoms with E-state index in [-0.39, 0.29) is 24.2 Å². The number of amides is 1. The normalized spacial score (nSPS) is 12.1. The van der Waals surface area contributed by atoms with Crippen molar-refractivity contribution >= 4 is 18.3 Å². The molecule has 4 nitrogen and oxygen atoms in total. The van der Waals surface area contributed by atoms with E-state index in [0.29, 0.717) is 13.1 Å². The van der Waals surface area contributed by atoms with Gasteiger partial charge in [-0.05, 0) is 18.9 Å². The van der Waals surface area contributed by atoms with Gasteiger partial charge in [0.25, 0.3) is 0 Å². The molecule has 1 aromatic heterocycles. The highest BCUT2D eigenvalue weighted by molar-refractivity contribution is 5.85. The van der Waals surface area contributed by atoms with Gasteiger partial charge in [0.2, 0.25) is 5.91 Å². The van der Waals surface area contributed by atoms with Crippen LogP contribution in [0.4, 0.5) is 0 Å². The van der Waals surface area contributed by atoms with Gasteiger partial charge in [0.15, 0.2) is 0 Å². The van der Waals surface area contributed by atoms with Gasteiger partial charge in [0.05, 0.1) is 18.6 Å². The van der Waals surface area contributed by atoms with Crippen molar-refractivity contribution in [2.75, 3.05) is 6.54 Å². The third-order valence-electron chi connectivity index (χ3n) is 2.65. The second kappa shape index (κ2) is 7.35. The molecule has 0 unspecified atom stereocenters. The molecular formula is C12H21ClN2O2. The van der Waals surface area contributed by atoms with Crippen LogP contribution in [-0.2, 0) is 11.3 Å². The summed E-state index contributed by atoms with van der Waals surface area (Å²) in [6.45, 7) is 7.07. The lowest BCUT2D eigenvalue weighted by atomic mass is 10.0. The van der Waals surface area contributed by atoms with Gasteiger partial charge in [0.1, 0.15) is 0 Å². The van der Waals surface area contributed by atoms with Crippen LogP contribution in [0.3, 0.4) is 0 Å². The predicted octanol–water partition coefficient (Wildman–Crippen LogP) is 2.03. The van der Waals surface area contributed by atoms with E-state index in [1.165, 1.54) is 0 Å². The highest BCUT2D eigenvalue weighted by atomic mass is 35.5. The summed E-state index contributed by atoms with van der Waals surface area (Å²) in [4.78, 5) is 13.8. The lowest BCUT2D eigenvalue weighted by Crippen LogP contribution is -2.46. The van der Waals surface area contributed by atoms with Crippen molar-refractivity contribution in [3.63, 3.8) is 0 Å². The van der Waals surface area contributed by atoms with Crippen molar-refractivity contribution in [2.24, 2.45) is 11.7 Å². The number of hydrogen-bond acceptors (Lipinski definition) is 3. The van der Waals surface area contributed by atoms with Crippen LogP contribution >= 0.6 is 12.4 Å². The Balaban J connectivity index is 0.00000256. The number of rotatable bonds is 5. The Morgan fingerprint density at radius 3 is 2.59 bits per heavy atom. The quantitative estimate of drug-likeness (QED) is 0.881. The summed E-state index contributed by atoms with van der Waals surface area (Å²) < 4.78 is 4.98. The smallest absolute Gasteiger partial charge is 0.240 e. The van der Waals surface area contributed by atoms with Gasteiger partial charge in [0, 0.05) is 18.7 Å².